The van der Waals surface area contributed by atoms with Crippen molar-refractivity contribution in [3.8, 4) is 0 Å². The molecule has 1 aromatic heterocycles. The van der Waals surface area contributed by atoms with Crippen LogP contribution in [0.15, 0.2) is 34.2 Å². The van der Waals surface area contributed by atoms with E-state index < -0.39 is 10.2 Å². The minimum Gasteiger partial charge on any atom is -0.372 e. The number of aliphatic imine (C=N–C) groups is 1. The molecular formula is C27H39ClN6O5S2. The Labute approximate surface area is 252 Å². The quantitative estimate of drug-likeness (QED) is 0.360. The van der Waals surface area contributed by atoms with Crippen molar-refractivity contribution in [1.29, 1.82) is 0 Å². The van der Waals surface area contributed by atoms with E-state index in [-0.39, 0.29) is 5.91 Å². The molecule has 0 spiro atoms. The molecule has 226 valence electrons. The molecule has 0 radical (unpaired) electrons. The lowest BCUT2D eigenvalue weighted by Crippen LogP contribution is -2.68. The van der Waals surface area contributed by atoms with Crippen LogP contribution in [0.3, 0.4) is 0 Å². The molecule has 11 nitrogen and oxygen atoms in total. The van der Waals surface area contributed by atoms with Crippen molar-refractivity contribution in [2.24, 2.45) is 4.99 Å². The molecule has 0 saturated heterocycles. The number of thioether (sulfide) groups is 1. The summed E-state index contributed by atoms with van der Waals surface area (Å²) in [5.74, 6) is 0.446. The minimum absolute atomic E-state index is 0.135. The number of aromatic nitrogens is 1. The van der Waals surface area contributed by atoms with E-state index in [4.69, 9.17) is 28.6 Å². The van der Waals surface area contributed by atoms with Gasteiger partial charge in [0.2, 0.25) is 11.6 Å². The lowest BCUT2D eigenvalue weighted by molar-refractivity contribution is -2.00. The van der Waals surface area contributed by atoms with Crippen molar-refractivity contribution in [2.45, 2.75) is 48.5 Å². The molecule has 1 N–H and O–H groups in total. The fourth-order valence-electron chi connectivity index (χ4n) is 4.08. The summed E-state index contributed by atoms with van der Waals surface area (Å²) in [5, 5.41) is 4.82. The van der Waals surface area contributed by atoms with Gasteiger partial charge in [-0.25, -0.2) is 23.6 Å². The van der Waals surface area contributed by atoms with Crippen LogP contribution in [0.25, 0.3) is 6.08 Å². The van der Waals surface area contributed by atoms with Crippen molar-refractivity contribution >= 4 is 62.6 Å². The van der Waals surface area contributed by atoms with Gasteiger partial charge in [-0.05, 0) is 70.3 Å². The summed E-state index contributed by atoms with van der Waals surface area (Å²) in [5.41, 5.74) is 3.22. The van der Waals surface area contributed by atoms with Crippen molar-refractivity contribution < 1.29 is 38.2 Å². The van der Waals surface area contributed by atoms with Crippen molar-refractivity contribution in [1.82, 2.24) is 4.98 Å². The topological polar surface area (TPSA) is 156 Å². The summed E-state index contributed by atoms with van der Waals surface area (Å²) in [6.07, 6.45) is 2.19. The third-order valence-electron chi connectivity index (χ3n) is 6.15. The Balaban J connectivity index is 0.00000108. The van der Waals surface area contributed by atoms with Crippen LogP contribution in [0, 0.1) is 10.2 Å². The van der Waals surface area contributed by atoms with E-state index >= 15 is 0 Å². The van der Waals surface area contributed by atoms with E-state index in [0.717, 1.165) is 70.6 Å². The highest BCUT2D eigenvalue weighted by Crippen LogP contribution is 2.39. The number of nitrogens with one attached hydrogen (secondary N) is 1. The summed E-state index contributed by atoms with van der Waals surface area (Å²) >= 11 is 3.27. The van der Waals surface area contributed by atoms with Crippen LogP contribution >= 0.6 is 23.1 Å². The Morgan fingerprint density at radius 2 is 1.49 bits per heavy atom. The Kier molecular flexibility index (Phi) is 13.7. The van der Waals surface area contributed by atoms with E-state index in [9.17, 15) is 4.79 Å². The molecule has 1 aliphatic rings. The van der Waals surface area contributed by atoms with Gasteiger partial charge in [-0.2, -0.15) is 0 Å². The number of amidine groups is 1. The van der Waals surface area contributed by atoms with Crippen molar-refractivity contribution in [3.63, 3.8) is 0 Å². The second-order valence-corrected chi connectivity index (χ2v) is 11.4. The van der Waals surface area contributed by atoms with E-state index in [0.29, 0.717) is 5.82 Å². The van der Waals surface area contributed by atoms with Crippen LogP contribution in [0.2, 0.25) is 0 Å². The minimum atomic E-state index is -4.94. The van der Waals surface area contributed by atoms with Crippen LogP contribution in [0.5, 0.6) is 0 Å². The van der Waals surface area contributed by atoms with Crippen LogP contribution < -0.4 is 33.8 Å². The first-order valence-electron chi connectivity index (χ1n) is 13.5. The third-order valence-corrected chi connectivity index (χ3v) is 8.34. The number of carbonyl (C=O) groups excluding carboxylic acids is 1. The van der Waals surface area contributed by atoms with Gasteiger partial charge >= 0.3 is 5.17 Å². The Morgan fingerprint density at radius 3 is 1.95 bits per heavy atom. The summed E-state index contributed by atoms with van der Waals surface area (Å²) in [6, 6.07) is 8.69. The number of carbonyl (C=O) groups is 1. The van der Waals surface area contributed by atoms with Crippen molar-refractivity contribution in [3.05, 3.63) is 39.6 Å². The number of nitrogens with zero attached hydrogens (tertiary/aromatic N) is 5. The molecular weight excluding hydrogens is 588 g/mol. The lowest BCUT2D eigenvalue weighted by Gasteiger charge is -2.20. The maximum absolute atomic E-state index is 12.0. The smallest absolute Gasteiger partial charge is 0.360 e. The highest BCUT2D eigenvalue weighted by Gasteiger charge is 2.35. The first-order valence-corrected chi connectivity index (χ1v) is 16.4. The van der Waals surface area contributed by atoms with Gasteiger partial charge in [0.15, 0.2) is 10.9 Å². The Hall–Kier alpha value is -2.52. The molecule has 0 fully saturated rings. The van der Waals surface area contributed by atoms with E-state index in [2.05, 4.69) is 91.6 Å². The maximum atomic E-state index is 12.0. The molecule has 0 saturated carbocycles. The Bertz CT molecular complexity index is 1240. The molecule has 1 amide bonds. The SMILES string of the molecule is CCN(CC)c1ccc(/C=C2\SC(=[N+](CC)CC)N=C2c2sc(N(CC)CC)nc2NC(C)=O)cc1.[O-][Cl+3]([O-])([O-])[O-]. The number of hydrogen-bond donors (Lipinski definition) is 1. The number of rotatable bonds is 11. The van der Waals surface area contributed by atoms with Gasteiger partial charge < -0.3 is 15.1 Å². The molecule has 2 aromatic rings. The van der Waals surface area contributed by atoms with Crippen LogP contribution in [-0.4, -0.2) is 65.6 Å². The predicted molar refractivity (Wildman–Crippen MR) is 158 cm³/mol. The standard InChI is InChI=1S/C27H38N6OS2.ClHO4/c1-8-31(9-2)21-16-14-20(15-17-21)18-22-23(29-26(35-22)32(10-3)11-4)24-25(28-19(7)34)30-27(36-24)33(12-5)13-6;2-1(3,4)5/h14-18H,8-13H2,1-7H3;(H,2,3,4,5)/b22-18-;. The number of halogens is 1. The zero-order valence-electron chi connectivity index (χ0n) is 24.6. The highest BCUT2D eigenvalue weighted by molar-refractivity contribution is 8.18. The number of hydrogen-bond acceptors (Lipinski definition) is 10. The average molecular weight is 627 g/mol. The van der Waals surface area contributed by atoms with E-state index in [1.165, 1.54) is 12.6 Å². The molecule has 14 heteroatoms. The van der Waals surface area contributed by atoms with Gasteiger partial charge in [-0.3, -0.25) is 9.37 Å². The lowest BCUT2D eigenvalue weighted by atomic mass is 10.1. The molecule has 0 unspecified atom stereocenters. The van der Waals surface area contributed by atoms with E-state index in [1.54, 1.807) is 23.1 Å². The first kappa shape index (κ1) is 34.7. The summed E-state index contributed by atoms with van der Waals surface area (Å²) in [7, 11) is -4.94. The molecule has 41 heavy (non-hydrogen) atoms. The van der Waals surface area contributed by atoms with Gasteiger partial charge in [-0.15, -0.1) is 10.2 Å². The molecule has 1 aliphatic heterocycles. The molecule has 2 heterocycles. The van der Waals surface area contributed by atoms with Crippen LogP contribution in [-0.2, 0) is 4.79 Å². The van der Waals surface area contributed by atoms with E-state index in [1.807, 2.05) is 0 Å². The molecule has 0 atom stereocenters. The van der Waals surface area contributed by atoms with Crippen LogP contribution in [0.4, 0.5) is 16.6 Å². The second kappa shape index (κ2) is 16.2. The first-order chi connectivity index (χ1) is 19.4. The molecule has 0 bridgehead atoms. The normalized spacial score (nSPS) is 14.0. The molecule has 0 aliphatic carbocycles. The molecule has 1 aromatic carbocycles. The van der Waals surface area contributed by atoms with Gasteiger partial charge in [0, 0.05) is 50.6 Å². The number of allylic oxidation sites excluding steroid dienone is 1. The monoisotopic (exact) mass is 626 g/mol. The summed E-state index contributed by atoms with van der Waals surface area (Å²) < 4.78 is 36.2. The summed E-state index contributed by atoms with van der Waals surface area (Å²) in [4.78, 5) is 28.4. The molecule has 3 rings (SSSR count). The predicted octanol–water partition coefficient (Wildman–Crippen LogP) is 1.02. The Morgan fingerprint density at radius 1 is 0.951 bits per heavy atom. The van der Waals surface area contributed by atoms with Crippen molar-refractivity contribution in [2.75, 3.05) is 54.4 Å². The number of thiazole rings is 1. The van der Waals surface area contributed by atoms with Crippen LogP contribution in [0.1, 0.15) is 58.9 Å². The fraction of sp³-hybridized carbons (Fsp3) is 0.481. The average Bonchev–Trinajstić information content (AvgIpc) is 3.50. The summed E-state index contributed by atoms with van der Waals surface area (Å²) in [6.45, 7) is 19.8. The largest absolute Gasteiger partial charge is 0.372 e. The number of benzene rings is 1. The highest BCUT2D eigenvalue weighted by atomic mass is 35.7. The number of amides is 1. The maximum Gasteiger partial charge on any atom is 0.360 e. The van der Waals surface area contributed by atoms with Gasteiger partial charge in [0.1, 0.15) is 4.88 Å². The van der Waals surface area contributed by atoms with Gasteiger partial charge in [-0.1, -0.05) is 23.5 Å². The number of anilines is 3. The zero-order valence-corrected chi connectivity index (χ0v) is 27.0. The third kappa shape index (κ3) is 10.4. The van der Waals surface area contributed by atoms with Gasteiger partial charge in [0.05, 0.1) is 18.0 Å². The second-order valence-electron chi connectivity index (χ2n) is 8.70. The fourth-order valence-corrected chi connectivity index (χ4v) is 6.46. The zero-order chi connectivity index (χ0) is 30.7. The van der Waals surface area contributed by atoms with Gasteiger partial charge in [0.25, 0.3) is 0 Å².